The SMILES string of the molecule is Cn1ccnc1CN1CCC[C@]2(COCCN(c3cccc(C#N)c3)C2)C1. The molecule has 0 bridgehead atoms. The van der Waals surface area contributed by atoms with Crippen LogP contribution in [0.2, 0.25) is 0 Å². The summed E-state index contributed by atoms with van der Waals surface area (Å²) in [6.45, 7) is 6.40. The fraction of sp³-hybridized carbons (Fsp3) is 0.524. The molecule has 0 unspecified atom stereocenters. The van der Waals surface area contributed by atoms with Gasteiger partial charge in [-0.2, -0.15) is 5.26 Å². The second kappa shape index (κ2) is 7.71. The Morgan fingerprint density at radius 3 is 3.04 bits per heavy atom. The van der Waals surface area contributed by atoms with Crippen molar-refractivity contribution < 1.29 is 4.74 Å². The molecule has 27 heavy (non-hydrogen) atoms. The number of benzene rings is 1. The summed E-state index contributed by atoms with van der Waals surface area (Å²) in [4.78, 5) is 9.41. The van der Waals surface area contributed by atoms with Crippen LogP contribution in [0.3, 0.4) is 0 Å². The lowest BCUT2D eigenvalue weighted by atomic mass is 9.80. The van der Waals surface area contributed by atoms with E-state index in [0.29, 0.717) is 5.56 Å². The van der Waals surface area contributed by atoms with Crippen LogP contribution in [0.4, 0.5) is 5.69 Å². The molecule has 2 aliphatic heterocycles. The maximum absolute atomic E-state index is 9.23. The number of likely N-dealkylation sites (tertiary alicyclic amines) is 1. The third-order valence-electron chi connectivity index (χ3n) is 5.81. The molecule has 1 spiro atoms. The van der Waals surface area contributed by atoms with Crippen LogP contribution < -0.4 is 4.90 Å². The largest absolute Gasteiger partial charge is 0.379 e. The van der Waals surface area contributed by atoms with E-state index >= 15 is 0 Å². The second-order valence-electron chi connectivity index (χ2n) is 7.90. The van der Waals surface area contributed by atoms with Crippen molar-refractivity contribution in [3.63, 3.8) is 0 Å². The number of hydrogen-bond donors (Lipinski definition) is 0. The Hall–Kier alpha value is -2.36. The van der Waals surface area contributed by atoms with E-state index in [4.69, 9.17) is 4.74 Å². The van der Waals surface area contributed by atoms with Gasteiger partial charge in [0.25, 0.3) is 0 Å². The zero-order chi connectivity index (χ0) is 18.7. The minimum absolute atomic E-state index is 0.128. The number of aryl methyl sites for hydroxylation is 1. The zero-order valence-electron chi connectivity index (χ0n) is 16.0. The van der Waals surface area contributed by atoms with Crippen LogP contribution in [-0.2, 0) is 18.3 Å². The summed E-state index contributed by atoms with van der Waals surface area (Å²) in [7, 11) is 2.06. The number of nitrogens with zero attached hydrogens (tertiary/aromatic N) is 5. The smallest absolute Gasteiger partial charge is 0.122 e. The number of nitriles is 1. The highest BCUT2D eigenvalue weighted by Gasteiger charge is 2.39. The summed E-state index contributed by atoms with van der Waals surface area (Å²) in [6.07, 6.45) is 6.24. The monoisotopic (exact) mass is 365 g/mol. The van der Waals surface area contributed by atoms with Crippen molar-refractivity contribution in [1.29, 1.82) is 5.26 Å². The molecular formula is C21H27N5O. The lowest BCUT2D eigenvalue weighted by Crippen LogP contribution is -2.50. The molecule has 1 aromatic heterocycles. The van der Waals surface area contributed by atoms with Crippen molar-refractivity contribution in [2.45, 2.75) is 19.4 Å². The van der Waals surface area contributed by atoms with Gasteiger partial charge in [-0.25, -0.2) is 4.98 Å². The summed E-state index contributed by atoms with van der Waals surface area (Å²) in [5.41, 5.74) is 1.97. The van der Waals surface area contributed by atoms with Crippen molar-refractivity contribution in [1.82, 2.24) is 14.5 Å². The first-order chi connectivity index (χ1) is 13.2. The summed E-state index contributed by atoms with van der Waals surface area (Å²) >= 11 is 0. The molecule has 1 aromatic carbocycles. The Balaban J connectivity index is 1.51. The van der Waals surface area contributed by atoms with Crippen molar-refractivity contribution in [3.05, 3.63) is 48.0 Å². The summed E-state index contributed by atoms with van der Waals surface area (Å²) < 4.78 is 8.15. The Morgan fingerprint density at radius 2 is 2.22 bits per heavy atom. The van der Waals surface area contributed by atoms with Crippen molar-refractivity contribution in [2.24, 2.45) is 12.5 Å². The van der Waals surface area contributed by atoms with Gasteiger partial charge in [-0.1, -0.05) is 6.07 Å². The molecule has 4 rings (SSSR count). The molecule has 1 atom stereocenters. The third-order valence-corrected chi connectivity index (χ3v) is 5.81. The number of ether oxygens (including phenoxy) is 1. The molecule has 6 heteroatoms. The van der Waals surface area contributed by atoms with Crippen molar-refractivity contribution >= 4 is 5.69 Å². The van der Waals surface area contributed by atoms with Crippen molar-refractivity contribution in [2.75, 3.05) is 44.3 Å². The first-order valence-corrected chi connectivity index (χ1v) is 9.69. The molecule has 142 valence electrons. The Morgan fingerprint density at radius 1 is 1.30 bits per heavy atom. The summed E-state index contributed by atoms with van der Waals surface area (Å²) in [5, 5.41) is 9.23. The quantitative estimate of drug-likeness (QED) is 0.836. The van der Waals surface area contributed by atoms with Gasteiger partial charge in [0.15, 0.2) is 0 Å². The van der Waals surface area contributed by atoms with Gasteiger partial charge in [-0.15, -0.1) is 0 Å². The molecule has 0 radical (unpaired) electrons. The zero-order valence-corrected chi connectivity index (χ0v) is 16.0. The van der Waals surface area contributed by atoms with Gasteiger partial charge in [0.1, 0.15) is 5.82 Å². The Labute approximate surface area is 161 Å². The third kappa shape index (κ3) is 4.00. The second-order valence-corrected chi connectivity index (χ2v) is 7.90. The summed E-state index contributed by atoms with van der Waals surface area (Å²) in [6, 6.07) is 10.2. The Kier molecular flexibility index (Phi) is 5.15. The van der Waals surface area contributed by atoms with Gasteiger partial charge in [-0.3, -0.25) is 4.90 Å². The van der Waals surface area contributed by atoms with Gasteiger partial charge in [0.05, 0.1) is 31.4 Å². The van der Waals surface area contributed by atoms with Crippen LogP contribution in [0.1, 0.15) is 24.2 Å². The maximum atomic E-state index is 9.23. The van der Waals surface area contributed by atoms with E-state index in [1.165, 1.54) is 12.8 Å². The lowest BCUT2D eigenvalue weighted by molar-refractivity contribution is 0.00969. The highest BCUT2D eigenvalue weighted by molar-refractivity contribution is 5.51. The van der Waals surface area contributed by atoms with Crippen LogP contribution in [0, 0.1) is 16.7 Å². The number of imidazole rings is 1. The van der Waals surface area contributed by atoms with Crippen LogP contribution in [0.15, 0.2) is 36.7 Å². The molecular weight excluding hydrogens is 338 g/mol. The Bertz CT molecular complexity index is 826. The molecule has 2 aliphatic rings. The standard InChI is InChI=1S/C21H27N5O/c1-24-9-7-23-20(24)14-25-8-3-6-21(15-25)16-26(10-11-27-17-21)19-5-2-4-18(12-19)13-22/h2,4-5,7,9,12H,3,6,8,10-11,14-17H2,1H3/t21-/m0/s1. The minimum atomic E-state index is 0.128. The number of piperidine rings is 1. The highest BCUT2D eigenvalue weighted by Crippen LogP contribution is 2.35. The van der Waals surface area contributed by atoms with Gasteiger partial charge < -0.3 is 14.2 Å². The van der Waals surface area contributed by atoms with Crippen molar-refractivity contribution in [3.8, 4) is 6.07 Å². The van der Waals surface area contributed by atoms with Gasteiger partial charge >= 0.3 is 0 Å². The van der Waals surface area contributed by atoms with E-state index < -0.39 is 0 Å². The van der Waals surface area contributed by atoms with E-state index in [2.05, 4.69) is 38.5 Å². The van der Waals surface area contributed by atoms with Crippen LogP contribution in [0.25, 0.3) is 0 Å². The van der Waals surface area contributed by atoms with Crippen LogP contribution >= 0.6 is 0 Å². The predicted octanol–water partition coefficient (Wildman–Crippen LogP) is 2.41. The van der Waals surface area contributed by atoms with E-state index in [1.54, 1.807) is 0 Å². The van der Waals surface area contributed by atoms with Gasteiger partial charge in [0.2, 0.25) is 0 Å². The van der Waals surface area contributed by atoms with Crippen LogP contribution in [-0.4, -0.2) is 53.8 Å². The van der Waals surface area contributed by atoms with E-state index in [0.717, 1.165) is 57.4 Å². The number of aromatic nitrogens is 2. The molecule has 3 heterocycles. The molecule has 0 saturated carbocycles. The maximum Gasteiger partial charge on any atom is 0.122 e. The highest BCUT2D eigenvalue weighted by atomic mass is 16.5. The number of rotatable bonds is 3. The van der Waals surface area contributed by atoms with Crippen LogP contribution in [0.5, 0.6) is 0 Å². The molecule has 0 N–H and O–H groups in total. The van der Waals surface area contributed by atoms with Gasteiger partial charge in [0, 0.05) is 50.2 Å². The molecule has 6 nitrogen and oxygen atoms in total. The average Bonchev–Trinajstić information content (AvgIpc) is 2.97. The molecule has 0 amide bonds. The fourth-order valence-corrected chi connectivity index (χ4v) is 4.43. The molecule has 2 fully saturated rings. The topological polar surface area (TPSA) is 57.3 Å². The number of anilines is 1. The van der Waals surface area contributed by atoms with E-state index in [9.17, 15) is 5.26 Å². The average molecular weight is 365 g/mol. The molecule has 0 aliphatic carbocycles. The van der Waals surface area contributed by atoms with Gasteiger partial charge in [-0.05, 0) is 37.6 Å². The minimum Gasteiger partial charge on any atom is -0.379 e. The van der Waals surface area contributed by atoms with E-state index in [1.807, 2.05) is 30.6 Å². The number of hydrogen-bond acceptors (Lipinski definition) is 5. The lowest BCUT2D eigenvalue weighted by Gasteiger charge is -2.44. The summed E-state index contributed by atoms with van der Waals surface area (Å²) in [5.74, 6) is 1.11. The predicted molar refractivity (Wildman–Crippen MR) is 104 cm³/mol. The first kappa shape index (κ1) is 18.0. The molecule has 2 saturated heterocycles. The van der Waals surface area contributed by atoms with E-state index in [-0.39, 0.29) is 5.41 Å². The molecule has 2 aromatic rings. The fourth-order valence-electron chi connectivity index (χ4n) is 4.43. The first-order valence-electron chi connectivity index (χ1n) is 9.69. The normalized spacial score (nSPS) is 23.9.